The van der Waals surface area contributed by atoms with Gasteiger partial charge in [-0.3, -0.25) is 19.2 Å². The lowest BCUT2D eigenvalue weighted by atomic mass is 9.53. The topological polar surface area (TPSA) is 139 Å². The van der Waals surface area contributed by atoms with Gasteiger partial charge in [0.1, 0.15) is 29.3 Å². The molecule has 8 aliphatic rings. The Morgan fingerprint density at radius 3 is 1.34 bits per heavy atom. The van der Waals surface area contributed by atoms with Crippen LogP contribution < -0.4 is 31.0 Å². The number of halogens is 2. The molecule has 2 heterocycles. The summed E-state index contributed by atoms with van der Waals surface area (Å²) in [7, 11) is 3.15. The number of alkyl halides is 2. The number of hydrogen-bond donors (Lipinski definition) is 2. The van der Waals surface area contributed by atoms with Gasteiger partial charge in [0, 0.05) is 41.9 Å². The fraction of sp³-hybridized carbons (Fsp3) is 0.600. The number of carbonyl (C=O) groups excluding carboxylic acids is 2. The summed E-state index contributed by atoms with van der Waals surface area (Å²) in [5.41, 5.74) is 0.848. The molecule has 12 rings (SSSR count). The number of hydrogen-bond acceptors (Lipinski definition) is 8. The van der Waals surface area contributed by atoms with E-state index in [9.17, 15) is 23.6 Å². The van der Waals surface area contributed by atoms with Gasteiger partial charge in [-0.05, 0) is 137 Å². The van der Waals surface area contributed by atoms with Gasteiger partial charge in [-0.2, -0.15) is 0 Å². The molecule has 0 atom stereocenters. The maximum Gasteiger partial charge on any atom is 0.257 e. The molecule has 2 N–H and O–H groups in total. The van der Waals surface area contributed by atoms with E-state index in [1.165, 1.54) is 38.5 Å². The van der Waals surface area contributed by atoms with Crippen molar-refractivity contribution in [3.8, 4) is 11.5 Å². The predicted molar refractivity (Wildman–Crippen MR) is 248 cm³/mol. The van der Waals surface area contributed by atoms with Gasteiger partial charge in [-0.1, -0.05) is 28.1 Å². The summed E-state index contributed by atoms with van der Waals surface area (Å²) in [6, 6.07) is 10.7. The second-order valence-electron chi connectivity index (χ2n) is 19.8. The molecule has 344 valence electrons. The van der Waals surface area contributed by atoms with E-state index in [1.807, 2.05) is 15.2 Å². The Morgan fingerprint density at radius 1 is 0.625 bits per heavy atom. The standard InChI is InChI=1S/C25H31BrN2O4.C25H31FN2O4/c2*1-31-21-4-2-3-19-22(21)28(6-8-32-7-5-26)15-20(23(19)29)24(30)27-25-12-16-9-17(13-25)11-18(10-16)14-25/h2*2-4,15-18H,5-14H2,1H3,(H,27,30)/i;26-1. The van der Waals surface area contributed by atoms with Gasteiger partial charge in [0.2, 0.25) is 10.9 Å². The van der Waals surface area contributed by atoms with Gasteiger partial charge in [0.05, 0.1) is 62.5 Å². The van der Waals surface area contributed by atoms with Crippen molar-refractivity contribution >= 4 is 49.6 Å². The van der Waals surface area contributed by atoms with E-state index < -0.39 is 6.67 Å². The van der Waals surface area contributed by atoms with Crippen LogP contribution in [0.2, 0.25) is 0 Å². The summed E-state index contributed by atoms with van der Waals surface area (Å²) in [5.74, 6) is 4.93. The van der Waals surface area contributed by atoms with Crippen LogP contribution in [0.15, 0.2) is 58.4 Å². The first-order valence-electron chi connectivity index (χ1n) is 23.4. The van der Waals surface area contributed by atoms with Gasteiger partial charge >= 0.3 is 0 Å². The van der Waals surface area contributed by atoms with Gasteiger partial charge in [-0.25, -0.2) is 4.39 Å². The van der Waals surface area contributed by atoms with Gasteiger partial charge in [0.15, 0.2) is 0 Å². The number of benzene rings is 2. The summed E-state index contributed by atoms with van der Waals surface area (Å²) >= 11 is 3.37. The van der Waals surface area contributed by atoms with Crippen LogP contribution in [0.3, 0.4) is 0 Å². The number of ether oxygens (including phenoxy) is 4. The Kier molecular flexibility index (Phi) is 13.3. The van der Waals surface area contributed by atoms with Crippen LogP contribution in [0, 0.1) is 35.5 Å². The van der Waals surface area contributed by atoms with E-state index in [0.29, 0.717) is 77.4 Å². The lowest BCUT2D eigenvalue weighted by Gasteiger charge is -2.56. The van der Waals surface area contributed by atoms with Crippen LogP contribution in [0.1, 0.15) is 97.8 Å². The fourth-order valence-electron chi connectivity index (χ4n) is 13.6. The van der Waals surface area contributed by atoms with Crippen molar-refractivity contribution in [3.63, 3.8) is 0 Å². The second-order valence-corrected chi connectivity index (χ2v) is 20.5. The molecule has 2 aromatic heterocycles. The van der Waals surface area contributed by atoms with Gasteiger partial charge in [0.25, 0.3) is 11.8 Å². The minimum Gasteiger partial charge on any atom is -0.495 e. The number of methoxy groups -OCH3 is 2. The van der Waals surface area contributed by atoms with E-state index in [0.717, 1.165) is 61.6 Å². The molecule has 8 fully saturated rings. The molecule has 0 aliphatic heterocycles. The molecule has 0 unspecified atom stereocenters. The fourth-order valence-corrected chi connectivity index (χ4v) is 13.9. The lowest BCUT2D eigenvalue weighted by molar-refractivity contribution is -0.0171. The first kappa shape index (κ1) is 44.9. The number of fused-ring (bicyclic) bond motifs is 2. The number of nitrogens with zero attached hydrogens (tertiary/aromatic N) is 2. The van der Waals surface area contributed by atoms with Crippen molar-refractivity contribution in [1.29, 1.82) is 0 Å². The Balaban J connectivity index is 0.000000162. The number of aromatic nitrogens is 2. The van der Waals surface area contributed by atoms with Crippen LogP contribution >= 0.6 is 15.9 Å². The Bertz CT molecular complexity index is 2260. The highest BCUT2D eigenvalue weighted by molar-refractivity contribution is 9.09. The highest BCUT2D eigenvalue weighted by Crippen LogP contribution is 2.57. The van der Waals surface area contributed by atoms with E-state index in [-0.39, 0.29) is 58.1 Å². The Labute approximate surface area is 382 Å². The SMILES string of the molecule is COc1cccc2c(=O)c(C(=O)NC34CC5CC(CC(C5)C3)C4)cn(CCOCCBr)c12.COc1cccc2c(=O)c(C(=O)NC34CC5CC(CC(C5)C3)C4)cn(CCOCC[18F])c12. The molecule has 64 heavy (non-hydrogen) atoms. The minimum absolute atomic E-state index is 0.0225. The third kappa shape index (κ3) is 8.99. The molecule has 0 saturated heterocycles. The van der Waals surface area contributed by atoms with Crippen molar-refractivity contribution < 1.29 is 32.9 Å². The van der Waals surface area contributed by atoms with Crippen molar-refractivity contribution in [1.82, 2.24) is 19.8 Å². The molecule has 2 amide bonds. The predicted octanol–water partition coefficient (Wildman–Crippen LogP) is 7.82. The average Bonchev–Trinajstić information content (AvgIpc) is 3.26. The number of nitrogens with one attached hydrogen (secondary N) is 2. The highest BCUT2D eigenvalue weighted by Gasteiger charge is 2.53. The van der Waals surface area contributed by atoms with Crippen LogP contribution in [0.5, 0.6) is 11.5 Å². The maximum absolute atomic E-state index is 13.5. The third-order valence-corrected chi connectivity index (χ3v) is 15.6. The van der Waals surface area contributed by atoms with Crippen molar-refractivity contribution in [3.05, 3.63) is 80.4 Å². The molecule has 4 aromatic rings. The molecule has 8 saturated carbocycles. The molecule has 2 aromatic carbocycles. The summed E-state index contributed by atoms with van der Waals surface area (Å²) in [4.78, 5) is 53.7. The molecule has 14 heteroatoms. The van der Waals surface area contributed by atoms with Crippen molar-refractivity contribution in [2.75, 3.05) is 52.7 Å². The first-order valence-corrected chi connectivity index (χ1v) is 24.5. The highest BCUT2D eigenvalue weighted by atomic mass is 79.9. The van der Waals surface area contributed by atoms with Crippen molar-refractivity contribution in [2.45, 2.75) is 101 Å². The Hall–Kier alpha value is -4.27. The normalized spacial score (nSPS) is 28.2. The quantitative estimate of drug-likeness (QED) is 0.0858. The van der Waals surface area contributed by atoms with E-state index in [4.69, 9.17) is 18.9 Å². The molecular formula is C50H62BrFN4O8. The maximum atomic E-state index is 13.5. The first-order chi connectivity index (χ1) is 31.0. The van der Waals surface area contributed by atoms with Crippen molar-refractivity contribution in [2.24, 2.45) is 35.5 Å². The van der Waals surface area contributed by atoms with Crippen LogP contribution in [0.4, 0.5) is 4.39 Å². The van der Waals surface area contributed by atoms with Gasteiger partial charge < -0.3 is 38.7 Å². The molecule has 0 radical (unpaired) electrons. The number of para-hydroxylation sites is 2. The number of rotatable bonds is 16. The van der Waals surface area contributed by atoms with Crippen LogP contribution in [-0.4, -0.2) is 84.7 Å². The smallest absolute Gasteiger partial charge is 0.257 e. The lowest BCUT2D eigenvalue weighted by Crippen LogP contribution is -2.60. The monoisotopic (exact) mass is 943 g/mol. The number of pyridine rings is 2. The van der Waals surface area contributed by atoms with E-state index >= 15 is 0 Å². The largest absolute Gasteiger partial charge is 0.495 e. The number of amides is 2. The Morgan fingerprint density at radius 2 is 1.00 bits per heavy atom. The summed E-state index contributed by atoms with van der Waals surface area (Å²) in [6.45, 7) is 1.75. The van der Waals surface area contributed by atoms with Gasteiger partial charge in [-0.15, -0.1) is 0 Å². The second kappa shape index (κ2) is 18.9. The number of carbonyl (C=O) groups is 2. The molecule has 8 aliphatic carbocycles. The molecular weight excluding hydrogens is 882 g/mol. The minimum atomic E-state index is -0.549. The zero-order chi connectivity index (χ0) is 44.6. The van der Waals surface area contributed by atoms with E-state index in [2.05, 4.69) is 26.6 Å². The van der Waals surface area contributed by atoms with E-state index in [1.54, 1.807) is 56.9 Å². The molecule has 8 bridgehead atoms. The van der Waals surface area contributed by atoms with Crippen LogP contribution in [-0.2, 0) is 22.6 Å². The summed E-state index contributed by atoms with van der Waals surface area (Å²) < 4.78 is 38.1. The zero-order valence-electron chi connectivity index (χ0n) is 37.1. The average molecular weight is 945 g/mol. The summed E-state index contributed by atoms with van der Waals surface area (Å²) in [6.07, 6.45) is 17.4. The molecule has 12 nitrogen and oxygen atoms in total. The zero-order valence-corrected chi connectivity index (χ0v) is 38.7. The molecule has 0 spiro atoms. The third-order valence-electron chi connectivity index (χ3n) is 15.3. The van der Waals surface area contributed by atoms with Crippen LogP contribution in [0.25, 0.3) is 21.8 Å². The summed E-state index contributed by atoms with van der Waals surface area (Å²) in [5, 5.41) is 8.38.